The Hall–Kier alpha value is -4.86. The van der Waals surface area contributed by atoms with Crippen LogP contribution in [-0.2, 0) is 9.63 Å². The molecule has 0 radical (unpaired) electrons. The molecule has 0 aliphatic rings. The third-order valence-corrected chi connectivity index (χ3v) is 9.83. The van der Waals surface area contributed by atoms with Gasteiger partial charge in [-0.2, -0.15) is 0 Å². The Kier molecular flexibility index (Phi) is 17.3. The summed E-state index contributed by atoms with van der Waals surface area (Å²) in [5.74, 6) is -4.91. The maximum Gasteiger partial charge on any atom is 0.348 e. The molecule has 0 unspecified atom stereocenters. The third-order valence-electron chi connectivity index (χ3n) is 8.14. The van der Waals surface area contributed by atoms with Crippen LogP contribution < -0.4 is 32.1 Å². The minimum Gasteiger partial charge on any atom is -0.385 e. The molecule has 0 saturated heterocycles. The topological polar surface area (TPSA) is 189 Å². The number of unbranched alkanes of at least 4 members (excludes halogenated alkanes) is 5. The molecule has 14 nitrogen and oxygen atoms in total. The second kappa shape index (κ2) is 22.0. The predicted molar refractivity (Wildman–Crippen MR) is 218 cm³/mol. The largest absolute Gasteiger partial charge is 0.385 e. The standard InChI is InChI=1S/C37H42F3IN8O6S/c1-22-36(49(53)54)56-37(44-22)47-34(51)26-12-11-25(21-31(26)45-23(2)50)43-18-8-6-4-3-5-7-16-42-17-9-19-55-48-35(52)27-13-14-28(38)32(40)33(27)46-30-15-10-24(41)20-29(30)39/h10-15,20-21,42-43,46H,3-9,16-19H2,1-2H3,(H,45,50)(H,48,52)(H,44,47,51). The smallest absolute Gasteiger partial charge is 0.348 e. The van der Waals surface area contributed by atoms with Gasteiger partial charge < -0.3 is 21.3 Å². The zero-order valence-corrected chi connectivity index (χ0v) is 33.6. The zero-order chi connectivity index (χ0) is 40.6. The summed E-state index contributed by atoms with van der Waals surface area (Å²) in [6.07, 6.45) is 6.72. The Morgan fingerprint density at radius 2 is 1.54 bits per heavy atom. The number of carbonyl (C=O) groups excluding carboxylic acids is 3. The third kappa shape index (κ3) is 13.4. The van der Waals surface area contributed by atoms with E-state index in [0.717, 1.165) is 74.2 Å². The molecule has 1 aromatic heterocycles. The van der Waals surface area contributed by atoms with Crippen molar-refractivity contribution in [2.45, 2.75) is 58.8 Å². The molecule has 4 rings (SSSR count). The van der Waals surface area contributed by atoms with Crippen LogP contribution in [0.15, 0.2) is 48.5 Å². The van der Waals surface area contributed by atoms with E-state index >= 15 is 0 Å². The van der Waals surface area contributed by atoms with Crippen LogP contribution in [0, 0.1) is 38.1 Å². The lowest BCUT2D eigenvalue weighted by atomic mass is 10.1. The van der Waals surface area contributed by atoms with Crippen LogP contribution in [-0.4, -0.2) is 53.9 Å². The first-order chi connectivity index (χ1) is 26.8. The first-order valence-electron chi connectivity index (χ1n) is 17.8. The van der Waals surface area contributed by atoms with Crippen molar-refractivity contribution < 1.29 is 37.3 Å². The van der Waals surface area contributed by atoms with Gasteiger partial charge in [-0.15, -0.1) is 0 Å². The van der Waals surface area contributed by atoms with Crippen molar-refractivity contribution in [3.8, 4) is 0 Å². The van der Waals surface area contributed by atoms with E-state index in [1.54, 1.807) is 24.3 Å². The van der Waals surface area contributed by atoms with Gasteiger partial charge in [0.15, 0.2) is 16.8 Å². The van der Waals surface area contributed by atoms with Gasteiger partial charge in [0.1, 0.15) is 11.5 Å². The highest BCUT2D eigenvalue weighted by Gasteiger charge is 2.22. The molecule has 19 heteroatoms. The van der Waals surface area contributed by atoms with Gasteiger partial charge in [-0.3, -0.25) is 34.7 Å². The highest BCUT2D eigenvalue weighted by atomic mass is 127. The van der Waals surface area contributed by atoms with Crippen LogP contribution in [0.25, 0.3) is 0 Å². The Labute approximate surface area is 339 Å². The Morgan fingerprint density at radius 1 is 0.839 bits per heavy atom. The molecular weight excluding hydrogens is 868 g/mol. The number of aromatic nitrogens is 1. The molecule has 0 spiro atoms. The summed E-state index contributed by atoms with van der Waals surface area (Å²) >= 11 is 2.68. The number of hydrogen-bond donors (Lipinski definition) is 6. The number of nitrogens with zero attached hydrogens (tertiary/aromatic N) is 2. The van der Waals surface area contributed by atoms with E-state index in [-0.39, 0.29) is 45.2 Å². The van der Waals surface area contributed by atoms with Gasteiger partial charge in [0.05, 0.1) is 39.7 Å². The maximum atomic E-state index is 14.6. The van der Waals surface area contributed by atoms with Crippen molar-refractivity contribution in [2.24, 2.45) is 0 Å². The predicted octanol–water partition coefficient (Wildman–Crippen LogP) is 8.43. The molecule has 0 aliphatic heterocycles. The lowest BCUT2D eigenvalue weighted by Gasteiger charge is -2.14. The molecule has 6 N–H and O–H groups in total. The van der Waals surface area contributed by atoms with Gasteiger partial charge >= 0.3 is 5.00 Å². The number of benzene rings is 3. The normalized spacial score (nSPS) is 10.9. The van der Waals surface area contributed by atoms with Gasteiger partial charge in [0, 0.05) is 22.7 Å². The number of amides is 3. The summed E-state index contributed by atoms with van der Waals surface area (Å²) < 4.78 is 43.5. The van der Waals surface area contributed by atoms with E-state index in [4.69, 9.17) is 4.84 Å². The quantitative estimate of drug-likeness (QED) is 0.0193. The summed E-state index contributed by atoms with van der Waals surface area (Å²) in [5.41, 5.74) is 2.79. The van der Waals surface area contributed by atoms with E-state index < -0.39 is 39.9 Å². The fourth-order valence-corrected chi connectivity index (χ4v) is 6.62. The molecule has 0 atom stereocenters. The molecule has 3 aromatic carbocycles. The minimum atomic E-state index is -1.32. The maximum absolute atomic E-state index is 14.6. The Morgan fingerprint density at radius 3 is 2.23 bits per heavy atom. The van der Waals surface area contributed by atoms with Crippen LogP contribution in [0.2, 0.25) is 0 Å². The van der Waals surface area contributed by atoms with E-state index in [0.29, 0.717) is 28.8 Å². The highest BCUT2D eigenvalue weighted by molar-refractivity contribution is 14.1. The summed E-state index contributed by atoms with van der Waals surface area (Å²) in [6.45, 7) is 5.17. The molecule has 4 aromatic rings. The van der Waals surface area contributed by atoms with E-state index in [9.17, 15) is 37.7 Å². The molecule has 1 heterocycles. The van der Waals surface area contributed by atoms with Gasteiger partial charge in [-0.05, 0) is 122 Å². The molecule has 3 amide bonds. The number of anilines is 5. The van der Waals surface area contributed by atoms with Crippen LogP contribution >= 0.6 is 33.9 Å². The number of nitro groups is 1. The van der Waals surface area contributed by atoms with Crippen LogP contribution in [0.4, 0.5) is 46.1 Å². The van der Waals surface area contributed by atoms with Crippen molar-refractivity contribution in [1.82, 2.24) is 15.8 Å². The number of aryl methyl sites for hydroxylation is 1. The van der Waals surface area contributed by atoms with Gasteiger partial charge in [-0.1, -0.05) is 25.7 Å². The Balaban J connectivity index is 1.06. The lowest BCUT2D eigenvalue weighted by Crippen LogP contribution is -2.27. The van der Waals surface area contributed by atoms with Crippen molar-refractivity contribution >= 4 is 84.5 Å². The van der Waals surface area contributed by atoms with Crippen molar-refractivity contribution in [3.63, 3.8) is 0 Å². The molecule has 0 fully saturated rings. The molecule has 0 aliphatic carbocycles. The summed E-state index contributed by atoms with van der Waals surface area (Å²) in [6, 6.07) is 11.0. The van der Waals surface area contributed by atoms with E-state index in [2.05, 4.69) is 37.0 Å². The molecule has 0 saturated carbocycles. The molecule has 0 bridgehead atoms. The van der Waals surface area contributed by atoms with Crippen LogP contribution in [0.1, 0.15) is 78.3 Å². The lowest BCUT2D eigenvalue weighted by molar-refractivity contribution is -0.380. The second-order valence-electron chi connectivity index (χ2n) is 12.5. The minimum absolute atomic E-state index is 0.0897. The fourth-order valence-electron chi connectivity index (χ4n) is 5.39. The average molecular weight is 911 g/mol. The van der Waals surface area contributed by atoms with Gasteiger partial charge in [-0.25, -0.2) is 23.6 Å². The number of rotatable bonds is 22. The number of hydroxylamine groups is 1. The number of hydrogen-bond acceptors (Lipinski definition) is 11. The number of nitrogens with one attached hydrogen (secondary N) is 6. The van der Waals surface area contributed by atoms with E-state index in [1.807, 2.05) is 22.6 Å². The highest BCUT2D eigenvalue weighted by Crippen LogP contribution is 2.31. The van der Waals surface area contributed by atoms with Crippen LogP contribution in [0.3, 0.4) is 0 Å². The van der Waals surface area contributed by atoms with Crippen LogP contribution in [0.5, 0.6) is 0 Å². The van der Waals surface area contributed by atoms with E-state index in [1.165, 1.54) is 26.0 Å². The first-order valence-corrected chi connectivity index (χ1v) is 19.6. The van der Waals surface area contributed by atoms with Crippen molar-refractivity contribution in [2.75, 3.05) is 47.5 Å². The fraction of sp³-hybridized carbons (Fsp3) is 0.351. The SMILES string of the molecule is CC(=O)Nc1cc(NCCCCCCCCNCCCONC(=O)c2ccc(F)c(F)c2Nc2ccc(I)cc2F)ccc1C(=O)Nc1nc(C)c([N+](=O)[O-])s1. The molecular formula is C37H42F3IN8O6S. The van der Waals surface area contributed by atoms with Gasteiger partial charge in [0.25, 0.3) is 11.8 Å². The second-order valence-corrected chi connectivity index (χ2v) is 14.7. The van der Waals surface area contributed by atoms with Crippen molar-refractivity contribution in [3.05, 3.63) is 96.5 Å². The number of halogens is 4. The monoisotopic (exact) mass is 910 g/mol. The van der Waals surface area contributed by atoms with Gasteiger partial charge in [0.2, 0.25) is 5.91 Å². The average Bonchev–Trinajstić information content (AvgIpc) is 3.52. The number of carbonyl (C=O) groups is 3. The van der Waals surface area contributed by atoms with Crippen molar-refractivity contribution in [1.29, 1.82) is 0 Å². The molecule has 56 heavy (non-hydrogen) atoms. The summed E-state index contributed by atoms with van der Waals surface area (Å²) in [5, 5.41) is 25.4. The molecule has 300 valence electrons. The first kappa shape index (κ1) is 43.9. The summed E-state index contributed by atoms with van der Waals surface area (Å²) in [4.78, 5) is 57.2. The zero-order valence-electron chi connectivity index (χ0n) is 30.7. The number of thiazole rings is 1. The summed E-state index contributed by atoms with van der Waals surface area (Å²) in [7, 11) is 0. The Bertz CT molecular complexity index is 2020.